The maximum absolute atomic E-state index is 11.7. The van der Waals surface area contributed by atoms with Crippen molar-refractivity contribution >= 4 is 11.9 Å². The molecule has 0 aromatic heterocycles. The van der Waals surface area contributed by atoms with Crippen LogP contribution in [0.3, 0.4) is 0 Å². The van der Waals surface area contributed by atoms with Gasteiger partial charge in [-0.1, -0.05) is 6.07 Å². The van der Waals surface area contributed by atoms with Crippen LogP contribution >= 0.6 is 0 Å². The van der Waals surface area contributed by atoms with Gasteiger partial charge in [0.05, 0.1) is 7.11 Å². The standard InChI is InChI=1S/C14H15NO4/c1-19-9-3-2-8-4-5-14(10(8)6-9)7-11(16)15-12(14)13(17)18/h2-3,6,12H,4-5,7H2,1H3,(H,15,16)(H,17,18). The predicted octanol–water partition coefficient (Wildman–Crippen LogP) is 0.852. The van der Waals surface area contributed by atoms with Gasteiger partial charge in [0, 0.05) is 11.8 Å². The van der Waals surface area contributed by atoms with Gasteiger partial charge in [-0.3, -0.25) is 4.79 Å². The normalized spacial score (nSPS) is 28.3. The third-order valence-corrected chi connectivity index (χ3v) is 4.27. The number of amides is 1. The highest BCUT2D eigenvalue weighted by molar-refractivity contribution is 5.91. The van der Waals surface area contributed by atoms with E-state index >= 15 is 0 Å². The van der Waals surface area contributed by atoms with Crippen molar-refractivity contribution in [1.29, 1.82) is 0 Å². The molecule has 3 rings (SSSR count). The van der Waals surface area contributed by atoms with Crippen LogP contribution in [0.4, 0.5) is 0 Å². The van der Waals surface area contributed by atoms with Crippen molar-refractivity contribution < 1.29 is 19.4 Å². The van der Waals surface area contributed by atoms with Gasteiger partial charge in [-0.15, -0.1) is 0 Å². The summed E-state index contributed by atoms with van der Waals surface area (Å²) in [6.07, 6.45) is 1.73. The minimum absolute atomic E-state index is 0.192. The number of hydrogen-bond acceptors (Lipinski definition) is 3. The molecule has 100 valence electrons. The van der Waals surface area contributed by atoms with E-state index in [2.05, 4.69) is 5.32 Å². The number of methoxy groups -OCH3 is 1. The summed E-state index contributed by atoms with van der Waals surface area (Å²) < 4.78 is 5.21. The third kappa shape index (κ3) is 1.61. The van der Waals surface area contributed by atoms with Gasteiger partial charge in [-0.05, 0) is 36.1 Å². The number of benzene rings is 1. The van der Waals surface area contributed by atoms with Gasteiger partial charge < -0.3 is 15.2 Å². The second-order valence-corrected chi connectivity index (χ2v) is 5.19. The van der Waals surface area contributed by atoms with E-state index in [0.717, 1.165) is 17.5 Å². The SMILES string of the molecule is COc1ccc2c(c1)C1(CC2)CC(=O)NC1C(=O)O. The molecule has 1 amide bonds. The van der Waals surface area contributed by atoms with Gasteiger partial charge in [0.2, 0.25) is 5.91 Å². The molecular formula is C14H15NO4. The van der Waals surface area contributed by atoms with Crippen LogP contribution in [-0.2, 0) is 21.4 Å². The van der Waals surface area contributed by atoms with E-state index in [1.54, 1.807) is 7.11 Å². The van der Waals surface area contributed by atoms with E-state index in [1.807, 2.05) is 18.2 Å². The number of aliphatic carboxylic acids is 1. The molecule has 0 bridgehead atoms. The zero-order chi connectivity index (χ0) is 13.6. The minimum atomic E-state index is -0.971. The molecule has 5 heteroatoms. The van der Waals surface area contributed by atoms with Crippen molar-refractivity contribution in [2.24, 2.45) is 0 Å². The molecule has 1 spiro atoms. The number of rotatable bonds is 2. The lowest BCUT2D eigenvalue weighted by Gasteiger charge is -2.28. The number of carbonyl (C=O) groups excluding carboxylic acids is 1. The van der Waals surface area contributed by atoms with E-state index in [9.17, 15) is 14.7 Å². The topological polar surface area (TPSA) is 75.6 Å². The van der Waals surface area contributed by atoms with Crippen molar-refractivity contribution in [2.75, 3.05) is 7.11 Å². The summed E-state index contributed by atoms with van der Waals surface area (Å²) in [5.74, 6) is -0.465. The number of nitrogens with one attached hydrogen (secondary N) is 1. The lowest BCUT2D eigenvalue weighted by Crippen LogP contribution is -2.45. The van der Waals surface area contributed by atoms with Crippen LogP contribution in [0.2, 0.25) is 0 Å². The highest BCUT2D eigenvalue weighted by atomic mass is 16.5. The first-order valence-corrected chi connectivity index (χ1v) is 6.26. The van der Waals surface area contributed by atoms with E-state index in [-0.39, 0.29) is 12.3 Å². The third-order valence-electron chi connectivity index (χ3n) is 4.27. The van der Waals surface area contributed by atoms with Gasteiger partial charge in [-0.25, -0.2) is 4.79 Å². The molecule has 1 saturated heterocycles. The lowest BCUT2D eigenvalue weighted by atomic mass is 9.75. The number of carboxylic acids is 1. The molecule has 2 unspecified atom stereocenters. The molecule has 1 aromatic carbocycles. The van der Waals surface area contributed by atoms with Crippen molar-refractivity contribution in [2.45, 2.75) is 30.7 Å². The monoisotopic (exact) mass is 261 g/mol. The van der Waals surface area contributed by atoms with Gasteiger partial charge >= 0.3 is 5.97 Å². The first-order valence-electron chi connectivity index (χ1n) is 6.26. The number of aryl methyl sites for hydroxylation is 1. The second-order valence-electron chi connectivity index (χ2n) is 5.19. The Balaban J connectivity index is 2.13. The Bertz CT molecular complexity index is 569. The Kier molecular flexibility index (Phi) is 2.52. The molecule has 0 radical (unpaired) electrons. The molecule has 5 nitrogen and oxygen atoms in total. The average molecular weight is 261 g/mol. The molecular weight excluding hydrogens is 246 g/mol. The molecule has 0 saturated carbocycles. The first kappa shape index (κ1) is 12.0. The maximum Gasteiger partial charge on any atom is 0.327 e. The predicted molar refractivity (Wildman–Crippen MR) is 67.2 cm³/mol. The zero-order valence-electron chi connectivity index (χ0n) is 10.6. The van der Waals surface area contributed by atoms with Crippen LogP contribution < -0.4 is 10.1 Å². The number of ether oxygens (including phenoxy) is 1. The molecule has 2 aliphatic rings. The fourth-order valence-corrected chi connectivity index (χ4v) is 3.38. The Labute approximate surface area is 110 Å². The Morgan fingerprint density at radius 2 is 2.32 bits per heavy atom. The highest BCUT2D eigenvalue weighted by Crippen LogP contribution is 2.47. The lowest BCUT2D eigenvalue weighted by molar-refractivity contribution is -0.141. The number of fused-ring (bicyclic) bond motifs is 2. The summed E-state index contributed by atoms with van der Waals surface area (Å²) in [5, 5.41) is 11.9. The summed E-state index contributed by atoms with van der Waals surface area (Å²) in [6.45, 7) is 0. The van der Waals surface area contributed by atoms with Crippen LogP contribution in [-0.4, -0.2) is 30.1 Å². The van der Waals surface area contributed by atoms with Gasteiger partial charge in [0.25, 0.3) is 0 Å². The van der Waals surface area contributed by atoms with Crippen molar-refractivity contribution in [3.05, 3.63) is 29.3 Å². The smallest absolute Gasteiger partial charge is 0.327 e. The van der Waals surface area contributed by atoms with E-state index in [1.165, 1.54) is 0 Å². The Morgan fingerprint density at radius 1 is 1.53 bits per heavy atom. The molecule has 1 heterocycles. The van der Waals surface area contributed by atoms with Crippen LogP contribution in [0, 0.1) is 0 Å². The van der Waals surface area contributed by atoms with Crippen molar-refractivity contribution in [3.63, 3.8) is 0 Å². The molecule has 1 aliphatic heterocycles. The number of carbonyl (C=O) groups is 2. The van der Waals surface area contributed by atoms with Gasteiger partial charge in [0.15, 0.2) is 0 Å². The van der Waals surface area contributed by atoms with Gasteiger partial charge in [-0.2, -0.15) is 0 Å². The molecule has 2 atom stereocenters. The van der Waals surface area contributed by atoms with Crippen LogP contribution in [0.5, 0.6) is 5.75 Å². The van der Waals surface area contributed by atoms with E-state index in [0.29, 0.717) is 12.2 Å². The molecule has 1 fully saturated rings. The molecule has 1 aromatic rings. The van der Waals surface area contributed by atoms with Crippen molar-refractivity contribution in [3.8, 4) is 5.75 Å². The summed E-state index contributed by atoms with van der Waals surface area (Å²) in [7, 11) is 1.58. The fourth-order valence-electron chi connectivity index (χ4n) is 3.38. The first-order chi connectivity index (χ1) is 9.06. The van der Waals surface area contributed by atoms with Gasteiger partial charge in [0.1, 0.15) is 11.8 Å². The maximum atomic E-state index is 11.7. The quantitative estimate of drug-likeness (QED) is 0.827. The summed E-state index contributed by atoms with van der Waals surface area (Å²) in [6, 6.07) is 4.87. The average Bonchev–Trinajstić information content (AvgIpc) is 2.92. The van der Waals surface area contributed by atoms with Crippen LogP contribution in [0.1, 0.15) is 24.0 Å². The Hall–Kier alpha value is -2.04. The number of hydrogen-bond donors (Lipinski definition) is 2. The Morgan fingerprint density at radius 3 is 3.00 bits per heavy atom. The summed E-state index contributed by atoms with van der Waals surface area (Å²) in [4.78, 5) is 23.1. The largest absolute Gasteiger partial charge is 0.497 e. The molecule has 2 N–H and O–H groups in total. The number of carboxylic acid groups (broad SMARTS) is 1. The summed E-state index contributed by atoms with van der Waals surface area (Å²) >= 11 is 0. The minimum Gasteiger partial charge on any atom is -0.497 e. The van der Waals surface area contributed by atoms with Crippen LogP contribution in [0.25, 0.3) is 0 Å². The molecule has 19 heavy (non-hydrogen) atoms. The van der Waals surface area contributed by atoms with Crippen molar-refractivity contribution in [1.82, 2.24) is 5.32 Å². The zero-order valence-corrected chi connectivity index (χ0v) is 10.6. The summed E-state index contributed by atoms with van der Waals surface area (Å²) in [5.41, 5.74) is 1.44. The van der Waals surface area contributed by atoms with Crippen LogP contribution in [0.15, 0.2) is 18.2 Å². The highest BCUT2D eigenvalue weighted by Gasteiger charge is 2.54. The second kappa shape index (κ2) is 3.98. The van der Waals surface area contributed by atoms with E-state index < -0.39 is 17.4 Å². The molecule has 1 aliphatic carbocycles. The fraction of sp³-hybridized carbons (Fsp3) is 0.429. The van der Waals surface area contributed by atoms with E-state index in [4.69, 9.17) is 4.74 Å².